The van der Waals surface area contributed by atoms with Crippen LogP contribution in [0, 0.1) is 5.92 Å². The van der Waals surface area contributed by atoms with Crippen LogP contribution in [0.25, 0.3) is 0 Å². The van der Waals surface area contributed by atoms with E-state index in [0.717, 1.165) is 17.7 Å². The maximum absolute atomic E-state index is 13.1. The fraction of sp³-hybridized carbons (Fsp3) is 0.350. The Morgan fingerprint density at radius 2 is 1.86 bits per heavy atom. The van der Waals surface area contributed by atoms with Crippen molar-refractivity contribution < 1.29 is 13.2 Å². The van der Waals surface area contributed by atoms with E-state index in [1.807, 2.05) is 6.26 Å². The van der Waals surface area contributed by atoms with Crippen molar-refractivity contribution in [3.05, 3.63) is 52.0 Å². The van der Waals surface area contributed by atoms with E-state index in [9.17, 15) is 13.2 Å². The molecule has 1 N–H and O–H groups in total. The van der Waals surface area contributed by atoms with E-state index in [1.165, 1.54) is 30.0 Å². The fourth-order valence-electron chi connectivity index (χ4n) is 3.19. The number of carbonyl (C=O) groups is 1. The van der Waals surface area contributed by atoms with Crippen LogP contribution < -0.4 is 4.72 Å². The first-order chi connectivity index (χ1) is 13.7. The SMILES string of the molecule is CSc1ccc(S(=O)(=O)Nc2cccc(Cl)c2Cl)cc1C(=O)N1CCC(C)CC1. The second-order valence-corrected chi connectivity index (χ2v) is 10.4. The second-order valence-electron chi connectivity index (χ2n) is 7.04. The van der Waals surface area contributed by atoms with Crippen LogP contribution >= 0.6 is 35.0 Å². The number of nitrogens with zero attached hydrogens (tertiary/aromatic N) is 1. The van der Waals surface area contributed by atoms with Crippen LogP contribution in [0.3, 0.4) is 0 Å². The molecule has 0 spiro atoms. The van der Waals surface area contributed by atoms with Crippen molar-refractivity contribution in [2.45, 2.75) is 29.6 Å². The Morgan fingerprint density at radius 3 is 2.52 bits per heavy atom. The third-order valence-electron chi connectivity index (χ3n) is 4.98. The molecule has 0 aromatic heterocycles. The first-order valence-electron chi connectivity index (χ1n) is 9.17. The summed E-state index contributed by atoms with van der Waals surface area (Å²) in [7, 11) is -3.95. The Bertz CT molecular complexity index is 1020. The molecule has 1 aliphatic heterocycles. The molecule has 0 radical (unpaired) electrons. The summed E-state index contributed by atoms with van der Waals surface area (Å²) in [5.41, 5.74) is 0.582. The molecule has 9 heteroatoms. The Morgan fingerprint density at radius 1 is 1.17 bits per heavy atom. The molecule has 1 aliphatic rings. The minimum absolute atomic E-state index is 0.0000645. The van der Waals surface area contributed by atoms with Crippen LogP contribution in [0.1, 0.15) is 30.1 Å². The van der Waals surface area contributed by atoms with Gasteiger partial charge in [0, 0.05) is 18.0 Å². The molecule has 156 valence electrons. The summed E-state index contributed by atoms with van der Waals surface area (Å²) in [6.45, 7) is 3.54. The van der Waals surface area contributed by atoms with E-state index in [4.69, 9.17) is 23.2 Å². The topological polar surface area (TPSA) is 66.5 Å². The molecule has 1 saturated heterocycles. The molecular weight excluding hydrogens is 451 g/mol. The largest absolute Gasteiger partial charge is 0.339 e. The predicted molar refractivity (Wildman–Crippen MR) is 120 cm³/mol. The lowest BCUT2D eigenvalue weighted by Crippen LogP contribution is -2.38. The summed E-state index contributed by atoms with van der Waals surface area (Å²) in [5.74, 6) is 0.455. The number of sulfonamides is 1. The highest BCUT2D eigenvalue weighted by molar-refractivity contribution is 7.98. The summed E-state index contributed by atoms with van der Waals surface area (Å²) in [4.78, 5) is 15.6. The van der Waals surface area contributed by atoms with Crippen LogP contribution in [0.5, 0.6) is 0 Å². The molecule has 3 rings (SSSR count). The van der Waals surface area contributed by atoms with Crippen LogP contribution in [0.4, 0.5) is 5.69 Å². The highest BCUT2D eigenvalue weighted by atomic mass is 35.5. The lowest BCUT2D eigenvalue weighted by Gasteiger charge is -2.30. The Balaban J connectivity index is 1.93. The van der Waals surface area contributed by atoms with Gasteiger partial charge in [-0.05, 0) is 55.3 Å². The number of piperidine rings is 1. The summed E-state index contributed by atoms with van der Waals surface area (Å²) < 4.78 is 28.3. The van der Waals surface area contributed by atoms with Crippen molar-refractivity contribution in [3.8, 4) is 0 Å². The number of amides is 1. The minimum atomic E-state index is -3.95. The molecule has 0 saturated carbocycles. The number of hydrogen-bond acceptors (Lipinski definition) is 4. The van der Waals surface area contributed by atoms with Crippen molar-refractivity contribution in [3.63, 3.8) is 0 Å². The van der Waals surface area contributed by atoms with Crippen molar-refractivity contribution >= 4 is 56.6 Å². The second kappa shape index (κ2) is 9.16. The van der Waals surface area contributed by atoms with E-state index in [-0.39, 0.29) is 26.5 Å². The van der Waals surface area contributed by atoms with Crippen LogP contribution in [0.2, 0.25) is 10.0 Å². The van der Waals surface area contributed by atoms with E-state index in [2.05, 4.69) is 11.6 Å². The maximum atomic E-state index is 13.1. The summed E-state index contributed by atoms with van der Waals surface area (Å²) in [5, 5.41) is 0.372. The Kier molecular flexibility index (Phi) is 7.04. The van der Waals surface area contributed by atoms with Crippen molar-refractivity contribution in [1.82, 2.24) is 4.90 Å². The van der Waals surface area contributed by atoms with Gasteiger partial charge in [0.15, 0.2) is 0 Å². The van der Waals surface area contributed by atoms with Crippen molar-refractivity contribution in [1.29, 1.82) is 0 Å². The summed E-state index contributed by atoms with van der Waals surface area (Å²) >= 11 is 13.5. The monoisotopic (exact) mass is 472 g/mol. The molecule has 2 aromatic rings. The lowest BCUT2D eigenvalue weighted by atomic mass is 9.98. The van der Waals surface area contributed by atoms with Gasteiger partial charge in [0.25, 0.3) is 15.9 Å². The standard InChI is InChI=1S/C20H22Cl2N2O3S2/c1-13-8-10-24(11-9-13)20(25)15-12-14(6-7-18(15)28-2)29(26,27)23-17-5-3-4-16(21)19(17)22/h3-7,12-13,23H,8-11H2,1-2H3. The van der Waals surface area contributed by atoms with Gasteiger partial charge in [0.2, 0.25) is 0 Å². The molecule has 0 bridgehead atoms. The van der Waals surface area contributed by atoms with E-state index >= 15 is 0 Å². The fourth-order valence-corrected chi connectivity index (χ4v) is 5.26. The van der Waals surface area contributed by atoms with Gasteiger partial charge in [-0.2, -0.15) is 0 Å². The van der Waals surface area contributed by atoms with E-state index in [1.54, 1.807) is 23.1 Å². The number of anilines is 1. The zero-order valence-electron chi connectivity index (χ0n) is 16.1. The molecule has 29 heavy (non-hydrogen) atoms. The van der Waals surface area contributed by atoms with Gasteiger partial charge in [-0.15, -0.1) is 11.8 Å². The van der Waals surface area contributed by atoms with E-state index in [0.29, 0.717) is 24.6 Å². The number of nitrogens with one attached hydrogen (secondary N) is 1. The first kappa shape index (κ1) is 22.3. The molecule has 0 unspecified atom stereocenters. The zero-order chi connectivity index (χ0) is 21.2. The average Bonchev–Trinajstić information content (AvgIpc) is 2.71. The summed E-state index contributed by atoms with van der Waals surface area (Å²) in [6.07, 6.45) is 3.77. The maximum Gasteiger partial charge on any atom is 0.261 e. The number of benzene rings is 2. The van der Waals surface area contributed by atoms with Gasteiger partial charge >= 0.3 is 0 Å². The number of thioether (sulfide) groups is 1. The number of halogens is 2. The minimum Gasteiger partial charge on any atom is -0.339 e. The molecule has 0 aliphatic carbocycles. The summed E-state index contributed by atoms with van der Waals surface area (Å²) in [6, 6.07) is 9.30. The number of hydrogen-bond donors (Lipinski definition) is 1. The van der Waals surface area contributed by atoms with Gasteiger partial charge in [0.1, 0.15) is 0 Å². The third kappa shape index (κ3) is 5.02. The molecule has 1 fully saturated rings. The number of likely N-dealkylation sites (tertiary alicyclic amines) is 1. The predicted octanol–water partition coefficient (Wildman–Crippen LogP) is 5.39. The van der Waals surface area contributed by atoms with Gasteiger partial charge in [-0.25, -0.2) is 8.42 Å². The highest BCUT2D eigenvalue weighted by Gasteiger charge is 2.25. The van der Waals surface area contributed by atoms with Gasteiger partial charge in [0.05, 0.1) is 26.2 Å². The average molecular weight is 473 g/mol. The Hall–Kier alpha value is -1.41. The van der Waals surface area contributed by atoms with Crippen LogP contribution in [0.15, 0.2) is 46.2 Å². The number of rotatable bonds is 5. The van der Waals surface area contributed by atoms with Crippen LogP contribution in [-0.4, -0.2) is 38.6 Å². The third-order valence-corrected chi connectivity index (χ3v) is 7.96. The van der Waals surface area contributed by atoms with Crippen LogP contribution in [-0.2, 0) is 10.0 Å². The molecule has 1 amide bonds. The first-order valence-corrected chi connectivity index (χ1v) is 12.6. The molecular formula is C20H22Cl2N2O3S2. The number of carbonyl (C=O) groups excluding carboxylic acids is 1. The smallest absolute Gasteiger partial charge is 0.261 e. The molecule has 0 atom stereocenters. The lowest BCUT2D eigenvalue weighted by molar-refractivity contribution is 0.0693. The van der Waals surface area contributed by atoms with Gasteiger partial charge < -0.3 is 4.90 Å². The molecule has 1 heterocycles. The van der Waals surface area contributed by atoms with Gasteiger partial charge in [-0.1, -0.05) is 36.2 Å². The quantitative estimate of drug-likeness (QED) is 0.592. The molecule has 5 nitrogen and oxygen atoms in total. The van der Waals surface area contributed by atoms with Crippen molar-refractivity contribution in [2.24, 2.45) is 5.92 Å². The van der Waals surface area contributed by atoms with Gasteiger partial charge in [-0.3, -0.25) is 9.52 Å². The van der Waals surface area contributed by atoms with Crippen molar-refractivity contribution in [2.75, 3.05) is 24.1 Å². The normalized spacial score (nSPS) is 15.4. The molecule has 2 aromatic carbocycles. The Labute approximate surface area is 185 Å². The highest BCUT2D eigenvalue weighted by Crippen LogP contribution is 2.32. The zero-order valence-corrected chi connectivity index (χ0v) is 19.3. The van der Waals surface area contributed by atoms with E-state index < -0.39 is 10.0 Å².